The standard InChI is InChI=1S/C18H24N4O3/c1-20-18(21-9-3-10-24-13-16-4-2-11-25-16)22-12-14-5-7-15(8-6-14)17(19)23/h2,4-8,11H,3,9-10,12-13H2,1H3,(H2,19,23)(H2,20,21,22). The van der Waals surface area contributed by atoms with Crippen molar-refractivity contribution >= 4 is 11.9 Å². The lowest BCUT2D eigenvalue weighted by molar-refractivity contribution is 0.1000. The number of amides is 1. The van der Waals surface area contributed by atoms with E-state index in [1.807, 2.05) is 24.3 Å². The molecule has 0 spiro atoms. The highest BCUT2D eigenvalue weighted by Gasteiger charge is 2.01. The van der Waals surface area contributed by atoms with E-state index >= 15 is 0 Å². The maximum absolute atomic E-state index is 11.0. The van der Waals surface area contributed by atoms with Crippen LogP contribution in [0.1, 0.15) is 28.1 Å². The van der Waals surface area contributed by atoms with E-state index in [1.54, 1.807) is 25.4 Å². The highest BCUT2D eigenvalue weighted by molar-refractivity contribution is 5.92. The average molecular weight is 344 g/mol. The van der Waals surface area contributed by atoms with Gasteiger partial charge in [0.05, 0.1) is 6.26 Å². The number of benzene rings is 1. The molecule has 1 aromatic carbocycles. The molecular weight excluding hydrogens is 320 g/mol. The van der Waals surface area contributed by atoms with Crippen molar-refractivity contribution in [3.8, 4) is 0 Å². The fourth-order valence-electron chi connectivity index (χ4n) is 2.14. The number of guanidine groups is 1. The summed E-state index contributed by atoms with van der Waals surface area (Å²) < 4.78 is 10.7. The minimum Gasteiger partial charge on any atom is -0.467 e. The van der Waals surface area contributed by atoms with Crippen LogP contribution in [-0.2, 0) is 17.9 Å². The Labute approximate surface area is 147 Å². The van der Waals surface area contributed by atoms with Gasteiger partial charge in [-0.05, 0) is 36.2 Å². The second kappa shape index (κ2) is 10.1. The number of aliphatic imine (C=N–C) groups is 1. The van der Waals surface area contributed by atoms with Crippen molar-refractivity contribution < 1.29 is 13.9 Å². The summed E-state index contributed by atoms with van der Waals surface area (Å²) in [6.07, 6.45) is 2.49. The molecule has 0 bridgehead atoms. The van der Waals surface area contributed by atoms with E-state index in [0.29, 0.717) is 31.3 Å². The summed E-state index contributed by atoms with van der Waals surface area (Å²) in [5.74, 6) is 1.11. The van der Waals surface area contributed by atoms with Crippen molar-refractivity contribution in [3.63, 3.8) is 0 Å². The minimum atomic E-state index is -0.425. The van der Waals surface area contributed by atoms with Crippen LogP contribution in [-0.4, -0.2) is 32.1 Å². The van der Waals surface area contributed by atoms with Crippen molar-refractivity contribution in [1.82, 2.24) is 10.6 Å². The number of primary amides is 1. The predicted octanol–water partition coefficient (Wildman–Crippen LogP) is 1.65. The Hall–Kier alpha value is -2.80. The first-order valence-corrected chi connectivity index (χ1v) is 8.12. The maximum Gasteiger partial charge on any atom is 0.248 e. The van der Waals surface area contributed by atoms with Gasteiger partial charge in [-0.25, -0.2) is 0 Å². The van der Waals surface area contributed by atoms with Crippen LogP contribution < -0.4 is 16.4 Å². The second-order valence-electron chi connectivity index (χ2n) is 5.40. The topological polar surface area (TPSA) is 102 Å². The summed E-state index contributed by atoms with van der Waals surface area (Å²) in [7, 11) is 1.72. The van der Waals surface area contributed by atoms with Crippen LogP contribution in [0.5, 0.6) is 0 Å². The first kappa shape index (κ1) is 18.5. The largest absolute Gasteiger partial charge is 0.467 e. The maximum atomic E-state index is 11.0. The van der Waals surface area contributed by atoms with Gasteiger partial charge in [0.2, 0.25) is 5.91 Å². The van der Waals surface area contributed by atoms with Gasteiger partial charge in [0.15, 0.2) is 5.96 Å². The third-order valence-electron chi connectivity index (χ3n) is 3.50. The zero-order valence-electron chi connectivity index (χ0n) is 14.3. The predicted molar refractivity (Wildman–Crippen MR) is 96.1 cm³/mol. The van der Waals surface area contributed by atoms with E-state index in [1.165, 1.54) is 0 Å². The molecule has 25 heavy (non-hydrogen) atoms. The highest BCUT2D eigenvalue weighted by atomic mass is 16.5. The summed E-state index contributed by atoms with van der Waals surface area (Å²) >= 11 is 0. The van der Waals surface area contributed by atoms with Gasteiger partial charge in [-0.3, -0.25) is 9.79 Å². The van der Waals surface area contributed by atoms with Gasteiger partial charge in [0.25, 0.3) is 0 Å². The zero-order valence-corrected chi connectivity index (χ0v) is 14.3. The summed E-state index contributed by atoms with van der Waals surface area (Å²) in [5.41, 5.74) is 6.76. The Bertz CT molecular complexity index is 666. The zero-order chi connectivity index (χ0) is 17.9. The number of hydrogen-bond donors (Lipinski definition) is 3. The average Bonchev–Trinajstić information content (AvgIpc) is 3.14. The fraction of sp³-hybridized carbons (Fsp3) is 0.333. The lowest BCUT2D eigenvalue weighted by Crippen LogP contribution is -2.37. The normalized spacial score (nSPS) is 11.3. The number of furan rings is 1. The van der Waals surface area contributed by atoms with Crippen LogP contribution in [0.4, 0.5) is 0 Å². The van der Waals surface area contributed by atoms with E-state index in [9.17, 15) is 4.79 Å². The van der Waals surface area contributed by atoms with Gasteiger partial charge < -0.3 is 25.5 Å². The van der Waals surface area contributed by atoms with E-state index in [4.69, 9.17) is 14.9 Å². The van der Waals surface area contributed by atoms with Crippen molar-refractivity contribution in [1.29, 1.82) is 0 Å². The molecule has 134 valence electrons. The third-order valence-corrected chi connectivity index (χ3v) is 3.50. The number of carbonyl (C=O) groups is 1. The second-order valence-corrected chi connectivity index (χ2v) is 5.40. The quantitative estimate of drug-likeness (QED) is 0.365. The molecular formula is C18H24N4O3. The Morgan fingerprint density at radius 2 is 2.04 bits per heavy atom. The van der Waals surface area contributed by atoms with Crippen LogP contribution >= 0.6 is 0 Å². The van der Waals surface area contributed by atoms with Gasteiger partial charge in [-0.2, -0.15) is 0 Å². The van der Waals surface area contributed by atoms with Crippen molar-refractivity contribution in [2.45, 2.75) is 19.6 Å². The molecule has 7 heteroatoms. The molecule has 0 unspecified atom stereocenters. The van der Waals surface area contributed by atoms with Crippen molar-refractivity contribution in [2.75, 3.05) is 20.2 Å². The molecule has 1 heterocycles. The van der Waals surface area contributed by atoms with Gasteiger partial charge >= 0.3 is 0 Å². The van der Waals surface area contributed by atoms with E-state index in [2.05, 4.69) is 15.6 Å². The lowest BCUT2D eigenvalue weighted by atomic mass is 10.1. The number of nitrogens with two attached hydrogens (primary N) is 1. The van der Waals surface area contributed by atoms with Gasteiger partial charge in [-0.1, -0.05) is 12.1 Å². The summed E-state index contributed by atoms with van der Waals surface area (Å²) in [6.45, 7) is 2.48. The first-order valence-electron chi connectivity index (χ1n) is 8.12. The SMILES string of the molecule is CN=C(NCCCOCc1ccco1)NCc1ccc(C(N)=O)cc1. The Morgan fingerprint density at radius 3 is 2.68 bits per heavy atom. The van der Waals surface area contributed by atoms with Crippen molar-refractivity contribution in [3.05, 3.63) is 59.5 Å². The smallest absolute Gasteiger partial charge is 0.248 e. The van der Waals surface area contributed by atoms with Gasteiger partial charge in [0, 0.05) is 32.3 Å². The number of hydrogen-bond acceptors (Lipinski definition) is 4. The number of rotatable bonds is 9. The summed E-state index contributed by atoms with van der Waals surface area (Å²) in [5, 5.41) is 6.44. The molecule has 0 aliphatic carbocycles. The lowest BCUT2D eigenvalue weighted by Gasteiger charge is -2.12. The van der Waals surface area contributed by atoms with Crippen LogP contribution in [0.15, 0.2) is 52.1 Å². The summed E-state index contributed by atoms with van der Waals surface area (Å²) in [6, 6.07) is 10.9. The molecule has 0 aliphatic heterocycles. The number of carbonyl (C=O) groups excluding carboxylic acids is 1. The Morgan fingerprint density at radius 1 is 1.24 bits per heavy atom. The molecule has 1 amide bonds. The molecule has 0 fully saturated rings. The summed E-state index contributed by atoms with van der Waals surface area (Å²) in [4.78, 5) is 15.2. The molecule has 0 aliphatic rings. The van der Waals surface area contributed by atoms with Crippen LogP contribution in [0.25, 0.3) is 0 Å². The fourth-order valence-corrected chi connectivity index (χ4v) is 2.14. The number of nitrogens with one attached hydrogen (secondary N) is 2. The van der Waals surface area contributed by atoms with Crippen LogP contribution in [0.3, 0.4) is 0 Å². The van der Waals surface area contributed by atoms with Gasteiger partial charge in [-0.15, -0.1) is 0 Å². The molecule has 2 rings (SSSR count). The van der Waals surface area contributed by atoms with Crippen molar-refractivity contribution in [2.24, 2.45) is 10.7 Å². The van der Waals surface area contributed by atoms with Gasteiger partial charge in [0.1, 0.15) is 12.4 Å². The highest BCUT2D eigenvalue weighted by Crippen LogP contribution is 2.03. The molecule has 0 radical (unpaired) electrons. The number of nitrogens with zero attached hydrogens (tertiary/aromatic N) is 1. The van der Waals surface area contributed by atoms with Crippen LogP contribution in [0.2, 0.25) is 0 Å². The molecule has 0 atom stereocenters. The molecule has 7 nitrogen and oxygen atoms in total. The van der Waals surface area contributed by atoms with Crippen LogP contribution in [0, 0.1) is 0 Å². The third kappa shape index (κ3) is 6.68. The Kier molecular flexibility index (Phi) is 7.52. The Balaban J connectivity index is 1.60. The molecule has 1 aromatic heterocycles. The molecule has 0 saturated carbocycles. The van der Waals surface area contributed by atoms with E-state index < -0.39 is 5.91 Å². The molecule has 4 N–H and O–H groups in total. The monoisotopic (exact) mass is 344 g/mol. The molecule has 2 aromatic rings. The molecule has 0 saturated heterocycles. The minimum absolute atomic E-state index is 0.425. The first-order chi connectivity index (χ1) is 12.2. The number of ether oxygens (including phenoxy) is 1. The van der Waals surface area contributed by atoms with E-state index in [-0.39, 0.29) is 0 Å². The van der Waals surface area contributed by atoms with E-state index in [0.717, 1.165) is 24.3 Å².